The zero-order valence-electron chi connectivity index (χ0n) is 12.9. The van der Waals surface area contributed by atoms with Gasteiger partial charge in [-0.1, -0.05) is 20.8 Å². The molecule has 0 bridgehead atoms. The van der Waals surface area contributed by atoms with E-state index < -0.39 is 10.0 Å². The molecule has 114 valence electrons. The van der Waals surface area contributed by atoms with Crippen LogP contribution in [0.3, 0.4) is 0 Å². The fourth-order valence-corrected chi connectivity index (χ4v) is 2.45. The minimum Gasteiger partial charge on any atom is -0.397 e. The number of nitrogens with two attached hydrogens (primary N) is 1. The van der Waals surface area contributed by atoms with Crippen LogP contribution in [-0.2, 0) is 10.0 Å². The van der Waals surface area contributed by atoms with Crippen molar-refractivity contribution in [2.45, 2.75) is 32.1 Å². The molecule has 5 nitrogen and oxygen atoms in total. The van der Waals surface area contributed by atoms with E-state index in [-0.39, 0.29) is 10.3 Å². The molecule has 0 saturated heterocycles. The molecular weight excluding hydrogens is 274 g/mol. The summed E-state index contributed by atoms with van der Waals surface area (Å²) in [6.45, 7) is 7.16. The molecule has 0 unspecified atom stereocenters. The van der Waals surface area contributed by atoms with Crippen LogP contribution in [0.25, 0.3) is 0 Å². The first-order valence-corrected chi connectivity index (χ1v) is 8.10. The Bertz CT molecular complexity index is 566. The molecular formula is C14H25N3O2S. The monoisotopic (exact) mass is 299 g/mol. The van der Waals surface area contributed by atoms with Gasteiger partial charge < -0.3 is 11.1 Å². The molecule has 1 aromatic rings. The molecule has 0 spiro atoms. The number of benzene rings is 1. The molecule has 0 fully saturated rings. The van der Waals surface area contributed by atoms with Crippen molar-refractivity contribution >= 4 is 21.4 Å². The van der Waals surface area contributed by atoms with Gasteiger partial charge in [-0.25, -0.2) is 12.7 Å². The maximum Gasteiger partial charge on any atom is 0.242 e. The number of nitrogens with zero attached hydrogens (tertiary/aromatic N) is 1. The molecule has 0 saturated carbocycles. The molecule has 0 aromatic heterocycles. The van der Waals surface area contributed by atoms with E-state index >= 15 is 0 Å². The Morgan fingerprint density at radius 2 is 1.90 bits per heavy atom. The average molecular weight is 299 g/mol. The van der Waals surface area contributed by atoms with Gasteiger partial charge in [-0.2, -0.15) is 0 Å². The van der Waals surface area contributed by atoms with Crippen LogP contribution in [0.15, 0.2) is 23.1 Å². The Kier molecular flexibility index (Phi) is 5.05. The summed E-state index contributed by atoms with van der Waals surface area (Å²) in [5.41, 5.74) is 7.25. The van der Waals surface area contributed by atoms with Crippen molar-refractivity contribution in [2.75, 3.05) is 31.7 Å². The number of nitrogen functional groups attached to an aromatic ring is 1. The molecule has 3 N–H and O–H groups in total. The van der Waals surface area contributed by atoms with E-state index in [2.05, 4.69) is 26.1 Å². The maximum atomic E-state index is 12.1. The van der Waals surface area contributed by atoms with Gasteiger partial charge in [0.15, 0.2) is 0 Å². The second kappa shape index (κ2) is 6.01. The molecule has 0 atom stereocenters. The zero-order chi connectivity index (χ0) is 15.6. The summed E-state index contributed by atoms with van der Waals surface area (Å²) < 4.78 is 25.4. The Labute approximate surface area is 122 Å². The molecule has 0 aliphatic rings. The van der Waals surface area contributed by atoms with Gasteiger partial charge in [0.1, 0.15) is 0 Å². The molecule has 20 heavy (non-hydrogen) atoms. The molecule has 0 aliphatic carbocycles. The van der Waals surface area contributed by atoms with Crippen LogP contribution in [0.1, 0.15) is 27.2 Å². The number of anilines is 2. The Balaban J connectivity index is 3.05. The second-order valence-electron chi connectivity index (χ2n) is 5.91. The van der Waals surface area contributed by atoms with Crippen LogP contribution < -0.4 is 11.1 Å². The van der Waals surface area contributed by atoms with Crippen LogP contribution in [-0.4, -0.2) is 33.4 Å². The van der Waals surface area contributed by atoms with Crippen molar-refractivity contribution in [1.82, 2.24) is 4.31 Å². The number of nitrogens with one attached hydrogen (secondary N) is 1. The first-order valence-electron chi connectivity index (χ1n) is 6.66. The summed E-state index contributed by atoms with van der Waals surface area (Å²) in [7, 11) is -0.412. The highest BCUT2D eigenvalue weighted by atomic mass is 32.2. The van der Waals surface area contributed by atoms with E-state index in [1.807, 2.05) is 0 Å². The van der Waals surface area contributed by atoms with E-state index in [0.29, 0.717) is 11.4 Å². The summed E-state index contributed by atoms with van der Waals surface area (Å²) in [6.07, 6.45) is 1.02. The zero-order valence-corrected chi connectivity index (χ0v) is 13.7. The van der Waals surface area contributed by atoms with E-state index in [4.69, 9.17) is 5.73 Å². The molecule has 0 amide bonds. The SMILES string of the molecule is CCC(C)(C)CNc1cc(S(=O)(=O)N(C)C)ccc1N. The average Bonchev–Trinajstić information content (AvgIpc) is 2.37. The van der Waals surface area contributed by atoms with E-state index in [1.54, 1.807) is 12.1 Å². The van der Waals surface area contributed by atoms with E-state index in [0.717, 1.165) is 13.0 Å². The summed E-state index contributed by atoms with van der Waals surface area (Å²) in [5, 5.41) is 3.25. The molecule has 6 heteroatoms. The van der Waals surface area contributed by atoms with Gasteiger partial charge in [-0.05, 0) is 30.0 Å². The normalized spacial score (nSPS) is 12.7. The number of sulfonamides is 1. The molecule has 0 aliphatic heterocycles. The standard InChI is InChI=1S/C14H25N3O2S/c1-6-14(2,3)10-16-13-9-11(7-8-12(13)15)20(18,19)17(4)5/h7-9,16H,6,10,15H2,1-5H3. The lowest BCUT2D eigenvalue weighted by molar-refractivity contribution is 0.377. The minimum atomic E-state index is -3.44. The predicted molar refractivity (Wildman–Crippen MR) is 84.3 cm³/mol. The molecule has 1 aromatic carbocycles. The van der Waals surface area contributed by atoms with E-state index in [9.17, 15) is 8.42 Å². The number of rotatable bonds is 6. The van der Waals surface area contributed by atoms with Gasteiger partial charge in [0, 0.05) is 20.6 Å². The predicted octanol–water partition coefficient (Wildman–Crippen LogP) is 2.37. The van der Waals surface area contributed by atoms with E-state index in [1.165, 1.54) is 24.5 Å². The highest BCUT2D eigenvalue weighted by Crippen LogP contribution is 2.27. The summed E-state index contributed by atoms with van der Waals surface area (Å²) in [4.78, 5) is 0.244. The van der Waals surface area contributed by atoms with Crippen LogP contribution in [0.5, 0.6) is 0 Å². The van der Waals surface area contributed by atoms with Crippen molar-refractivity contribution in [3.63, 3.8) is 0 Å². The summed E-state index contributed by atoms with van der Waals surface area (Å²) in [5.74, 6) is 0. The third kappa shape index (κ3) is 3.86. The largest absolute Gasteiger partial charge is 0.397 e. The quantitative estimate of drug-likeness (QED) is 0.791. The number of hydrogen-bond donors (Lipinski definition) is 2. The van der Waals surface area contributed by atoms with Crippen molar-refractivity contribution in [3.8, 4) is 0 Å². The van der Waals surface area contributed by atoms with Gasteiger partial charge in [-0.3, -0.25) is 0 Å². The Morgan fingerprint density at radius 1 is 1.30 bits per heavy atom. The van der Waals surface area contributed by atoms with Crippen molar-refractivity contribution in [2.24, 2.45) is 5.41 Å². The second-order valence-corrected chi connectivity index (χ2v) is 8.06. The van der Waals surface area contributed by atoms with Crippen LogP contribution >= 0.6 is 0 Å². The topological polar surface area (TPSA) is 75.4 Å². The Hall–Kier alpha value is -1.27. The van der Waals surface area contributed by atoms with Gasteiger partial charge in [0.05, 0.1) is 16.3 Å². The molecule has 1 rings (SSSR count). The van der Waals surface area contributed by atoms with Crippen LogP contribution in [0, 0.1) is 5.41 Å². The Morgan fingerprint density at radius 3 is 2.40 bits per heavy atom. The highest BCUT2D eigenvalue weighted by Gasteiger charge is 2.19. The third-order valence-electron chi connectivity index (χ3n) is 3.52. The molecule has 0 heterocycles. The van der Waals surface area contributed by atoms with Gasteiger partial charge >= 0.3 is 0 Å². The van der Waals surface area contributed by atoms with Crippen molar-refractivity contribution < 1.29 is 8.42 Å². The van der Waals surface area contributed by atoms with Crippen molar-refractivity contribution in [1.29, 1.82) is 0 Å². The molecule has 0 radical (unpaired) electrons. The van der Waals surface area contributed by atoms with Crippen LogP contribution in [0.2, 0.25) is 0 Å². The lowest BCUT2D eigenvalue weighted by atomic mass is 9.90. The smallest absolute Gasteiger partial charge is 0.242 e. The first-order chi connectivity index (χ1) is 9.10. The summed E-state index contributed by atoms with van der Waals surface area (Å²) >= 11 is 0. The highest BCUT2D eigenvalue weighted by molar-refractivity contribution is 7.89. The van der Waals surface area contributed by atoms with Gasteiger partial charge in [-0.15, -0.1) is 0 Å². The maximum absolute atomic E-state index is 12.1. The third-order valence-corrected chi connectivity index (χ3v) is 5.33. The van der Waals surface area contributed by atoms with Gasteiger partial charge in [0.2, 0.25) is 10.0 Å². The lowest BCUT2D eigenvalue weighted by Gasteiger charge is -2.24. The fraction of sp³-hybridized carbons (Fsp3) is 0.571. The van der Waals surface area contributed by atoms with Crippen LogP contribution in [0.4, 0.5) is 11.4 Å². The lowest BCUT2D eigenvalue weighted by Crippen LogP contribution is -2.24. The number of hydrogen-bond acceptors (Lipinski definition) is 4. The summed E-state index contributed by atoms with van der Waals surface area (Å²) in [6, 6.07) is 4.74. The first kappa shape index (κ1) is 16.8. The van der Waals surface area contributed by atoms with Gasteiger partial charge in [0.25, 0.3) is 0 Å². The fourth-order valence-electron chi connectivity index (χ4n) is 1.52. The minimum absolute atomic E-state index is 0.128. The van der Waals surface area contributed by atoms with Crippen molar-refractivity contribution in [3.05, 3.63) is 18.2 Å².